The molecule has 2 aromatic rings. The van der Waals surface area contributed by atoms with Crippen LogP contribution >= 0.6 is 0 Å². The molecule has 1 aromatic carbocycles. The van der Waals surface area contributed by atoms with Crippen LogP contribution in [-0.4, -0.2) is 16.7 Å². The number of aryl methyl sites for hydroxylation is 1. The standard InChI is InChI=1S/C15H19N3O/c16-9-11-5-4-8-13-15(11)14(18-17-13)10-19-12-6-2-1-3-7-12/h1-3,6-7,11H,4-5,8-10,16H2,(H,17,18). The van der Waals surface area contributed by atoms with Gasteiger partial charge < -0.3 is 10.5 Å². The fraction of sp³-hybridized carbons (Fsp3) is 0.400. The van der Waals surface area contributed by atoms with Gasteiger partial charge in [-0.3, -0.25) is 5.10 Å². The smallest absolute Gasteiger partial charge is 0.132 e. The highest BCUT2D eigenvalue weighted by molar-refractivity contribution is 5.32. The van der Waals surface area contributed by atoms with Gasteiger partial charge in [-0.1, -0.05) is 18.2 Å². The molecular formula is C15H19N3O. The van der Waals surface area contributed by atoms with E-state index in [2.05, 4.69) is 10.2 Å². The molecule has 3 rings (SSSR count). The maximum Gasteiger partial charge on any atom is 0.132 e. The average molecular weight is 257 g/mol. The maximum atomic E-state index is 5.87. The number of aromatic nitrogens is 2. The summed E-state index contributed by atoms with van der Waals surface area (Å²) in [7, 11) is 0. The molecule has 0 amide bonds. The summed E-state index contributed by atoms with van der Waals surface area (Å²) in [5.74, 6) is 1.30. The third-order valence-corrected chi connectivity index (χ3v) is 3.75. The Morgan fingerprint density at radius 1 is 1.32 bits per heavy atom. The van der Waals surface area contributed by atoms with Crippen LogP contribution in [0.25, 0.3) is 0 Å². The minimum absolute atomic E-state index is 0.428. The molecule has 19 heavy (non-hydrogen) atoms. The molecule has 4 nitrogen and oxygen atoms in total. The van der Waals surface area contributed by atoms with Crippen LogP contribution in [0, 0.1) is 0 Å². The van der Waals surface area contributed by atoms with Crippen LogP contribution in [0.3, 0.4) is 0 Å². The summed E-state index contributed by atoms with van der Waals surface area (Å²) in [4.78, 5) is 0. The van der Waals surface area contributed by atoms with Crippen molar-refractivity contribution in [1.82, 2.24) is 10.2 Å². The number of nitrogens with two attached hydrogens (primary N) is 1. The second-order valence-electron chi connectivity index (χ2n) is 4.99. The Kier molecular flexibility index (Phi) is 3.51. The number of hydrogen-bond acceptors (Lipinski definition) is 3. The number of rotatable bonds is 4. The number of ether oxygens (including phenoxy) is 1. The highest BCUT2D eigenvalue weighted by Crippen LogP contribution is 2.32. The second kappa shape index (κ2) is 5.45. The Morgan fingerprint density at radius 2 is 2.16 bits per heavy atom. The van der Waals surface area contributed by atoms with E-state index >= 15 is 0 Å². The van der Waals surface area contributed by atoms with Crippen molar-refractivity contribution in [3.63, 3.8) is 0 Å². The lowest BCUT2D eigenvalue weighted by Crippen LogP contribution is -2.19. The molecule has 0 saturated carbocycles. The minimum atomic E-state index is 0.428. The molecule has 1 heterocycles. The molecule has 0 radical (unpaired) electrons. The topological polar surface area (TPSA) is 63.9 Å². The van der Waals surface area contributed by atoms with Crippen LogP contribution in [-0.2, 0) is 13.0 Å². The number of aromatic amines is 1. The fourth-order valence-electron chi connectivity index (χ4n) is 2.79. The van der Waals surface area contributed by atoms with Crippen molar-refractivity contribution in [2.75, 3.05) is 6.54 Å². The van der Waals surface area contributed by atoms with E-state index < -0.39 is 0 Å². The van der Waals surface area contributed by atoms with Crippen molar-refractivity contribution < 1.29 is 4.74 Å². The number of H-pyrrole nitrogens is 1. The van der Waals surface area contributed by atoms with Crippen LogP contribution in [0.2, 0.25) is 0 Å². The summed E-state index contributed by atoms with van der Waals surface area (Å²) in [5.41, 5.74) is 9.42. The molecule has 1 unspecified atom stereocenters. The zero-order chi connectivity index (χ0) is 13.1. The SMILES string of the molecule is NCC1CCCc2[nH]nc(COc3ccccc3)c21. The van der Waals surface area contributed by atoms with Crippen LogP contribution < -0.4 is 10.5 Å². The third kappa shape index (κ3) is 2.49. The Balaban J connectivity index is 1.77. The van der Waals surface area contributed by atoms with Crippen LogP contribution in [0.5, 0.6) is 5.75 Å². The Bertz CT molecular complexity index is 536. The van der Waals surface area contributed by atoms with Crippen LogP contribution in [0.15, 0.2) is 30.3 Å². The van der Waals surface area contributed by atoms with Crippen molar-refractivity contribution in [3.05, 3.63) is 47.3 Å². The van der Waals surface area contributed by atoms with E-state index in [1.165, 1.54) is 17.7 Å². The van der Waals surface area contributed by atoms with E-state index in [0.29, 0.717) is 19.1 Å². The highest BCUT2D eigenvalue weighted by Gasteiger charge is 2.25. The van der Waals surface area contributed by atoms with Gasteiger partial charge in [0.1, 0.15) is 18.1 Å². The van der Waals surface area contributed by atoms with Crippen molar-refractivity contribution in [1.29, 1.82) is 0 Å². The summed E-state index contributed by atoms with van der Waals surface area (Å²) in [6, 6.07) is 9.84. The number of fused-ring (bicyclic) bond motifs is 1. The number of hydrogen-bond donors (Lipinski definition) is 2. The van der Waals surface area contributed by atoms with Gasteiger partial charge in [-0.15, -0.1) is 0 Å². The largest absolute Gasteiger partial charge is 0.487 e. The quantitative estimate of drug-likeness (QED) is 0.883. The van der Waals surface area contributed by atoms with E-state index in [4.69, 9.17) is 10.5 Å². The lowest BCUT2D eigenvalue weighted by atomic mass is 9.85. The van der Waals surface area contributed by atoms with Gasteiger partial charge in [0.25, 0.3) is 0 Å². The van der Waals surface area contributed by atoms with Crippen LogP contribution in [0.4, 0.5) is 0 Å². The molecule has 3 N–H and O–H groups in total. The summed E-state index contributed by atoms with van der Waals surface area (Å²) < 4.78 is 5.79. The van der Waals surface area contributed by atoms with E-state index in [-0.39, 0.29) is 0 Å². The van der Waals surface area contributed by atoms with Gasteiger partial charge in [-0.25, -0.2) is 0 Å². The molecule has 0 fully saturated rings. The average Bonchev–Trinajstić information content (AvgIpc) is 2.89. The van der Waals surface area contributed by atoms with Gasteiger partial charge in [0.2, 0.25) is 0 Å². The molecule has 100 valence electrons. The summed E-state index contributed by atoms with van der Waals surface area (Å²) >= 11 is 0. The molecular weight excluding hydrogens is 238 g/mol. The molecule has 1 aromatic heterocycles. The van der Waals surface area contributed by atoms with Gasteiger partial charge in [-0.2, -0.15) is 5.10 Å². The lowest BCUT2D eigenvalue weighted by Gasteiger charge is -2.21. The molecule has 4 heteroatoms. The second-order valence-corrected chi connectivity index (χ2v) is 4.99. The van der Waals surface area contributed by atoms with Crippen molar-refractivity contribution >= 4 is 0 Å². The first-order valence-corrected chi connectivity index (χ1v) is 6.82. The third-order valence-electron chi connectivity index (χ3n) is 3.75. The van der Waals surface area contributed by atoms with Gasteiger partial charge in [0, 0.05) is 11.3 Å². The lowest BCUT2D eigenvalue weighted by molar-refractivity contribution is 0.298. The van der Waals surface area contributed by atoms with Crippen molar-refractivity contribution in [3.8, 4) is 5.75 Å². The molecule has 1 aliphatic carbocycles. The van der Waals surface area contributed by atoms with Crippen LogP contribution in [0.1, 0.15) is 35.7 Å². The molecule has 0 saturated heterocycles. The number of nitrogens with one attached hydrogen (secondary N) is 1. The zero-order valence-electron chi connectivity index (χ0n) is 10.9. The monoisotopic (exact) mass is 257 g/mol. The summed E-state index contributed by atoms with van der Waals surface area (Å²) in [5, 5.41) is 7.55. The zero-order valence-corrected chi connectivity index (χ0v) is 10.9. The first-order chi connectivity index (χ1) is 9.38. The van der Waals surface area contributed by atoms with E-state index in [9.17, 15) is 0 Å². The molecule has 1 atom stereocenters. The minimum Gasteiger partial charge on any atom is -0.487 e. The first kappa shape index (κ1) is 12.2. The maximum absolute atomic E-state index is 5.87. The van der Waals surface area contributed by atoms with Crippen molar-refractivity contribution in [2.45, 2.75) is 31.8 Å². The first-order valence-electron chi connectivity index (χ1n) is 6.82. The number of benzene rings is 1. The van der Waals surface area contributed by atoms with Crippen molar-refractivity contribution in [2.24, 2.45) is 5.73 Å². The highest BCUT2D eigenvalue weighted by atomic mass is 16.5. The fourth-order valence-corrected chi connectivity index (χ4v) is 2.79. The number of nitrogens with zero attached hydrogens (tertiary/aromatic N) is 1. The molecule has 0 aliphatic heterocycles. The predicted octanol–water partition coefficient (Wildman–Crippen LogP) is 2.37. The molecule has 1 aliphatic rings. The van der Waals surface area contributed by atoms with Gasteiger partial charge in [0.05, 0.1) is 0 Å². The van der Waals surface area contributed by atoms with E-state index in [1.54, 1.807) is 0 Å². The molecule has 0 bridgehead atoms. The van der Waals surface area contributed by atoms with Gasteiger partial charge in [-0.05, 0) is 43.9 Å². The van der Waals surface area contributed by atoms with Gasteiger partial charge >= 0.3 is 0 Å². The van der Waals surface area contributed by atoms with Gasteiger partial charge in [0.15, 0.2) is 0 Å². The Labute approximate surface area is 113 Å². The normalized spacial score (nSPS) is 18.1. The number of para-hydroxylation sites is 1. The Morgan fingerprint density at radius 3 is 2.95 bits per heavy atom. The summed E-state index contributed by atoms with van der Waals surface area (Å²) in [6.07, 6.45) is 3.42. The Hall–Kier alpha value is -1.81. The van der Waals surface area contributed by atoms with E-state index in [0.717, 1.165) is 24.3 Å². The summed E-state index contributed by atoms with van der Waals surface area (Å²) in [6.45, 7) is 1.19. The van der Waals surface area contributed by atoms with E-state index in [1.807, 2.05) is 30.3 Å². The predicted molar refractivity (Wildman–Crippen MR) is 74.1 cm³/mol. The molecule has 0 spiro atoms.